The van der Waals surface area contributed by atoms with Crippen LogP contribution in [0.15, 0.2) is 16.7 Å². The molecule has 0 aliphatic carbocycles. The molecule has 2 nitrogen and oxygen atoms in total. The zero-order chi connectivity index (χ0) is 12.3. The van der Waals surface area contributed by atoms with Gasteiger partial charge in [-0.3, -0.25) is 3.97 Å². The summed E-state index contributed by atoms with van der Waals surface area (Å²) in [6.07, 6.45) is 1.84. The van der Waals surface area contributed by atoms with E-state index in [-0.39, 0.29) is 0 Å². The molecule has 2 rings (SSSR count). The van der Waals surface area contributed by atoms with Crippen molar-refractivity contribution in [1.82, 2.24) is 8.96 Å². The van der Waals surface area contributed by atoms with Crippen LogP contribution in [0.5, 0.6) is 0 Å². The molecule has 0 saturated heterocycles. The van der Waals surface area contributed by atoms with E-state index in [0.29, 0.717) is 0 Å². The van der Waals surface area contributed by atoms with Crippen LogP contribution in [0.1, 0.15) is 25.1 Å². The lowest BCUT2D eigenvalue weighted by Crippen LogP contribution is -1.87. The van der Waals surface area contributed by atoms with Crippen molar-refractivity contribution >= 4 is 57.3 Å². The second-order valence-electron chi connectivity index (χ2n) is 3.10. The molecule has 0 spiro atoms. The van der Waals surface area contributed by atoms with Crippen LogP contribution in [0, 0.1) is 13.8 Å². The van der Waals surface area contributed by atoms with Gasteiger partial charge in [0.25, 0.3) is 0 Å². The van der Waals surface area contributed by atoms with E-state index >= 15 is 0 Å². The van der Waals surface area contributed by atoms with Gasteiger partial charge in [0.05, 0.1) is 0 Å². The summed E-state index contributed by atoms with van der Waals surface area (Å²) in [4.78, 5) is 4.42. The maximum Gasteiger partial charge on any atom is 0.151 e. The number of pyridine rings is 1. The van der Waals surface area contributed by atoms with Crippen LogP contribution in [0.2, 0.25) is 0 Å². The van der Waals surface area contributed by atoms with Crippen LogP contribution in [-0.2, 0) is 0 Å². The minimum atomic E-state index is 1.03. The SMILES string of the molecule is CC.Cc1c(C)n(SI)c2ncc(Br)cc12. The highest BCUT2D eigenvalue weighted by Gasteiger charge is 2.11. The predicted molar refractivity (Wildman–Crippen MR) is 85.3 cm³/mol. The van der Waals surface area contributed by atoms with Crippen LogP contribution in [-0.4, -0.2) is 8.96 Å². The van der Waals surface area contributed by atoms with Crippen molar-refractivity contribution in [2.24, 2.45) is 0 Å². The van der Waals surface area contributed by atoms with Gasteiger partial charge in [-0.05, 0) is 41.4 Å². The molecule has 88 valence electrons. The number of nitrogens with zero attached hydrogens (tertiary/aromatic N) is 2. The van der Waals surface area contributed by atoms with Gasteiger partial charge in [0.2, 0.25) is 0 Å². The molecule has 0 aromatic carbocycles. The molecule has 0 bridgehead atoms. The number of aryl methyl sites for hydroxylation is 1. The average molecular weight is 413 g/mol. The zero-order valence-electron chi connectivity index (χ0n) is 9.71. The first-order chi connectivity index (χ1) is 7.65. The maximum atomic E-state index is 4.42. The van der Waals surface area contributed by atoms with Gasteiger partial charge < -0.3 is 0 Å². The van der Waals surface area contributed by atoms with Crippen molar-refractivity contribution in [2.75, 3.05) is 0 Å². The number of hydrogen-bond donors (Lipinski definition) is 0. The van der Waals surface area contributed by atoms with Gasteiger partial charge in [-0.15, -0.1) is 0 Å². The number of fused-ring (bicyclic) bond motifs is 1. The molecule has 2 aromatic heterocycles. The lowest BCUT2D eigenvalue weighted by atomic mass is 10.2. The Morgan fingerprint density at radius 1 is 1.38 bits per heavy atom. The molecule has 0 unspecified atom stereocenters. The van der Waals surface area contributed by atoms with Crippen LogP contribution < -0.4 is 0 Å². The van der Waals surface area contributed by atoms with E-state index in [2.05, 4.69) is 66.0 Å². The fourth-order valence-corrected chi connectivity index (χ4v) is 3.69. The lowest BCUT2D eigenvalue weighted by molar-refractivity contribution is 1.16. The molecular formula is C11H14BrIN2S. The largest absolute Gasteiger partial charge is 0.263 e. The second-order valence-corrected chi connectivity index (χ2v) is 5.70. The molecule has 0 N–H and O–H groups in total. The molecule has 5 heteroatoms. The zero-order valence-corrected chi connectivity index (χ0v) is 14.3. The Bertz CT molecular complexity index is 496. The van der Waals surface area contributed by atoms with Gasteiger partial charge in [-0.2, -0.15) is 0 Å². The van der Waals surface area contributed by atoms with Crippen molar-refractivity contribution in [3.8, 4) is 0 Å². The molecule has 2 heterocycles. The predicted octanol–water partition coefficient (Wildman–Crippen LogP) is 5.29. The van der Waals surface area contributed by atoms with Gasteiger partial charge >= 0.3 is 0 Å². The maximum absolute atomic E-state index is 4.42. The Hall–Kier alpha value is 0.250. The third-order valence-corrected chi connectivity index (χ3v) is 4.55. The summed E-state index contributed by atoms with van der Waals surface area (Å²) in [7, 11) is 1.66. The summed E-state index contributed by atoms with van der Waals surface area (Å²) >= 11 is 5.72. The standard InChI is InChI=1S/C9H8BrIN2S.C2H6/c1-5-6(2)13(14-11)9-8(5)3-7(10)4-12-9;1-2/h3-4H,1-2H3;1-2H3. The molecule has 2 aromatic rings. The van der Waals surface area contributed by atoms with E-state index in [1.165, 1.54) is 16.6 Å². The summed E-state index contributed by atoms with van der Waals surface area (Å²) in [6.45, 7) is 8.26. The van der Waals surface area contributed by atoms with Crippen LogP contribution in [0.3, 0.4) is 0 Å². The minimum Gasteiger partial charge on any atom is -0.263 e. The average Bonchev–Trinajstić information content (AvgIpc) is 2.55. The quantitative estimate of drug-likeness (QED) is 0.592. The Morgan fingerprint density at radius 2 is 2.00 bits per heavy atom. The van der Waals surface area contributed by atoms with Crippen molar-refractivity contribution in [3.05, 3.63) is 28.0 Å². The normalized spacial score (nSPS) is 10.1. The number of rotatable bonds is 1. The Balaban J connectivity index is 0.000000606. The van der Waals surface area contributed by atoms with E-state index in [9.17, 15) is 0 Å². The van der Waals surface area contributed by atoms with Crippen molar-refractivity contribution in [2.45, 2.75) is 27.7 Å². The highest BCUT2D eigenvalue weighted by molar-refractivity contribution is 14.2. The summed E-state index contributed by atoms with van der Waals surface area (Å²) in [5.41, 5.74) is 3.62. The Kier molecular flexibility index (Phi) is 5.60. The van der Waals surface area contributed by atoms with Crippen molar-refractivity contribution < 1.29 is 0 Å². The number of aromatic nitrogens is 2. The molecule has 0 saturated carbocycles. The van der Waals surface area contributed by atoms with Gasteiger partial charge in [0.15, 0.2) is 5.65 Å². The fraction of sp³-hybridized carbons (Fsp3) is 0.364. The van der Waals surface area contributed by atoms with Crippen LogP contribution >= 0.6 is 46.3 Å². The summed E-state index contributed by atoms with van der Waals surface area (Å²) in [5, 5.41) is 1.22. The van der Waals surface area contributed by atoms with Crippen LogP contribution in [0.4, 0.5) is 0 Å². The number of halogens is 2. The van der Waals surface area contributed by atoms with E-state index in [1.54, 1.807) is 9.12 Å². The van der Waals surface area contributed by atoms with E-state index in [4.69, 9.17) is 0 Å². The molecular weight excluding hydrogens is 399 g/mol. The monoisotopic (exact) mass is 412 g/mol. The van der Waals surface area contributed by atoms with Gasteiger partial charge in [0.1, 0.15) is 0 Å². The van der Waals surface area contributed by atoms with E-state index < -0.39 is 0 Å². The molecule has 0 amide bonds. The van der Waals surface area contributed by atoms with Gasteiger partial charge in [-0.25, -0.2) is 4.98 Å². The third-order valence-electron chi connectivity index (χ3n) is 2.35. The first kappa shape index (κ1) is 14.3. The third kappa shape index (κ3) is 2.56. The molecule has 0 radical (unpaired) electrons. The van der Waals surface area contributed by atoms with Gasteiger partial charge in [0, 0.05) is 52.1 Å². The first-order valence-electron chi connectivity index (χ1n) is 5.07. The summed E-state index contributed by atoms with van der Waals surface area (Å²) in [5.74, 6) is 0. The number of hydrogen-bond acceptors (Lipinski definition) is 2. The van der Waals surface area contributed by atoms with Crippen molar-refractivity contribution in [1.29, 1.82) is 0 Å². The topological polar surface area (TPSA) is 17.8 Å². The van der Waals surface area contributed by atoms with Gasteiger partial charge in [-0.1, -0.05) is 13.8 Å². The summed E-state index contributed by atoms with van der Waals surface area (Å²) < 4.78 is 3.18. The first-order valence-corrected chi connectivity index (χ1v) is 9.18. The van der Waals surface area contributed by atoms with Crippen LogP contribution in [0.25, 0.3) is 11.0 Å². The summed E-state index contributed by atoms with van der Waals surface area (Å²) in [6, 6.07) is 2.12. The molecule has 0 atom stereocenters. The highest BCUT2D eigenvalue weighted by Crippen LogP contribution is 2.31. The fourth-order valence-electron chi connectivity index (χ4n) is 1.46. The van der Waals surface area contributed by atoms with E-state index in [1.807, 2.05) is 20.0 Å². The second kappa shape index (κ2) is 6.26. The Morgan fingerprint density at radius 3 is 2.56 bits per heavy atom. The molecule has 0 fully saturated rings. The smallest absolute Gasteiger partial charge is 0.151 e. The Labute approximate surface area is 121 Å². The molecule has 0 aliphatic rings. The molecule has 16 heavy (non-hydrogen) atoms. The van der Waals surface area contributed by atoms with Crippen molar-refractivity contribution in [3.63, 3.8) is 0 Å². The minimum absolute atomic E-state index is 1.03. The highest BCUT2D eigenvalue weighted by atomic mass is 127. The molecule has 0 aliphatic heterocycles. The van der Waals surface area contributed by atoms with E-state index in [0.717, 1.165) is 10.1 Å². The lowest BCUT2D eigenvalue weighted by Gasteiger charge is -1.99.